The Bertz CT molecular complexity index is 178. The van der Waals surface area contributed by atoms with Gasteiger partial charge >= 0.3 is 0 Å². The predicted octanol–water partition coefficient (Wildman–Crippen LogP) is 3.70. The average Bonchev–Trinajstić information content (AvgIpc) is 2.19. The first kappa shape index (κ1) is 15.6. The number of allylic oxidation sites excluding steroid dienone is 4. The van der Waals surface area contributed by atoms with Gasteiger partial charge in [0.1, 0.15) is 0 Å². The fourth-order valence-electron chi connectivity index (χ4n) is 1.05. The minimum Gasteiger partial charge on any atom is -0.313 e. The van der Waals surface area contributed by atoms with Crippen molar-refractivity contribution in [3.8, 4) is 0 Å². The molecule has 82 valence electrons. The van der Waals surface area contributed by atoms with Gasteiger partial charge in [-0.1, -0.05) is 57.7 Å². The predicted molar refractivity (Wildman–Crippen MR) is 67.6 cm³/mol. The fourth-order valence-corrected chi connectivity index (χ4v) is 1.05. The van der Waals surface area contributed by atoms with Crippen molar-refractivity contribution in [2.75, 3.05) is 13.1 Å². The van der Waals surface area contributed by atoms with Crippen LogP contribution >= 0.6 is 0 Å². The lowest BCUT2D eigenvalue weighted by molar-refractivity contribution is 0.693. The maximum absolute atomic E-state index is 3.94. The lowest BCUT2D eigenvalue weighted by atomic mass is 10.1. The van der Waals surface area contributed by atoms with E-state index in [1.54, 1.807) is 0 Å². The number of nitrogens with one attached hydrogen (secondary N) is 1. The molecule has 1 aliphatic heterocycles. The van der Waals surface area contributed by atoms with Gasteiger partial charge in [-0.05, 0) is 19.4 Å². The highest BCUT2D eigenvalue weighted by atomic mass is 14.8. The molecule has 0 unspecified atom stereocenters. The number of rotatable bonds is 0. The van der Waals surface area contributed by atoms with Gasteiger partial charge in [0, 0.05) is 6.54 Å². The third kappa shape index (κ3) is 9.27. The van der Waals surface area contributed by atoms with Crippen molar-refractivity contribution >= 4 is 0 Å². The number of hydrogen-bond acceptors (Lipinski definition) is 1. The van der Waals surface area contributed by atoms with Gasteiger partial charge in [0.25, 0.3) is 0 Å². The molecule has 0 spiro atoms. The summed E-state index contributed by atoms with van der Waals surface area (Å²) in [7, 11) is 0. The molecule has 0 aromatic carbocycles. The Morgan fingerprint density at radius 3 is 2.71 bits per heavy atom. The highest BCUT2D eigenvalue weighted by Crippen LogP contribution is 2.03. The molecule has 0 bridgehead atoms. The molecule has 0 fully saturated rings. The standard InChI is InChI=1S/C10H15N.C2H6.CH4/c1-10-6-3-2-4-8-11-9-5-7-10;1-2;/h2-4,6,11H,1,5,7-9H2;1-2H3;1H4/b4-2-,6-3-;;. The maximum atomic E-state index is 3.94. The molecule has 0 aliphatic carbocycles. The van der Waals surface area contributed by atoms with Crippen LogP contribution in [0, 0.1) is 0 Å². The molecule has 0 atom stereocenters. The van der Waals surface area contributed by atoms with Gasteiger partial charge in [-0.25, -0.2) is 0 Å². The van der Waals surface area contributed by atoms with Crippen molar-refractivity contribution in [2.45, 2.75) is 34.1 Å². The van der Waals surface area contributed by atoms with Crippen molar-refractivity contribution in [3.05, 3.63) is 36.5 Å². The van der Waals surface area contributed by atoms with Crippen molar-refractivity contribution in [1.29, 1.82) is 0 Å². The van der Waals surface area contributed by atoms with E-state index in [1.807, 2.05) is 13.8 Å². The van der Waals surface area contributed by atoms with Gasteiger partial charge in [0.2, 0.25) is 0 Å². The minimum absolute atomic E-state index is 0. The van der Waals surface area contributed by atoms with Crippen LogP contribution in [0.4, 0.5) is 0 Å². The molecule has 0 radical (unpaired) electrons. The smallest absolute Gasteiger partial charge is 0.0137 e. The van der Waals surface area contributed by atoms with Gasteiger partial charge < -0.3 is 5.32 Å². The normalized spacial score (nSPS) is 20.9. The zero-order chi connectivity index (χ0) is 9.94. The third-order valence-corrected chi connectivity index (χ3v) is 1.69. The van der Waals surface area contributed by atoms with Crippen LogP contribution in [-0.2, 0) is 0 Å². The van der Waals surface area contributed by atoms with E-state index in [0.717, 1.165) is 19.5 Å². The van der Waals surface area contributed by atoms with Crippen LogP contribution in [0.2, 0.25) is 0 Å². The molecule has 0 aromatic rings. The first-order valence-corrected chi connectivity index (χ1v) is 5.11. The van der Waals surface area contributed by atoms with Crippen molar-refractivity contribution in [2.24, 2.45) is 0 Å². The topological polar surface area (TPSA) is 12.0 Å². The Hall–Kier alpha value is -0.820. The minimum atomic E-state index is 0. The molecule has 1 aliphatic rings. The molecule has 1 N–H and O–H groups in total. The van der Waals surface area contributed by atoms with Crippen LogP contribution in [0.1, 0.15) is 34.1 Å². The van der Waals surface area contributed by atoms with E-state index in [1.165, 1.54) is 12.0 Å². The van der Waals surface area contributed by atoms with Crippen LogP contribution in [0.25, 0.3) is 0 Å². The lowest BCUT2D eigenvalue weighted by Crippen LogP contribution is -2.15. The summed E-state index contributed by atoms with van der Waals surface area (Å²) in [5.74, 6) is 0. The molecule has 1 heterocycles. The van der Waals surface area contributed by atoms with Gasteiger partial charge in [-0.3, -0.25) is 0 Å². The summed E-state index contributed by atoms with van der Waals surface area (Å²) in [5.41, 5.74) is 1.22. The third-order valence-electron chi connectivity index (χ3n) is 1.69. The van der Waals surface area contributed by atoms with Crippen LogP contribution in [0.3, 0.4) is 0 Å². The summed E-state index contributed by atoms with van der Waals surface area (Å²) in [5, 5.41) is 3.31. The SMILES string of the molecule is C.C=C1/C=C\C=C/CNCCC1.CC. The summed E-state index contributed by atoms with van der Waals surface area (Å²) in [6.07, 6.45) is 10.6. The Morgan fingerprint density at radius 1 is 1.29 bits per heavy atom. The summed E-state index contributed by atoms with van der Waals surface area (Å²) in [4.78, 5) is 0. The van der Waals surface area contributed by atoms with E-state index in [4.69, 9.17) is 0 Å². The zero-order valence-corrected chi connectivity index (χ0v) is 8.84. The van der Waals surface area contributed by atoms with Crippen LogP contribution in [0.15, 0.2) is 36.5 Å². The largest absolute Gasteiger partial charge is 0.313 e. The monoisotopic (exact) mass is 195 g/mol. The second-order valence-electron chi connectivity index (χ2n) is 2.75. The van der Waals surface area contributed by atoms with Crippen LogP contribution in [-0.4, -0.2) is 13.1 Å². The quantitative estimate of drug-likeness (QED) is 0.621. The van der Waals surface area contributed by atoms with Crippen molar-refractivity contribution in [3.63, 3.8) is 0 Å². The first-order chi connectivity index (χ1) is 6.39. The van der Waals surface area contributed by atoms with Crippen LogP contribution < -0.4 is 5.32 Å². The van der Waals surface area contributed by atoms with E-state index in [0.29, 0.717) is 0 Å². The fraction of sp³-hybridized carbons (Fsp3) is 0.538. The number of hydrogen-bond donors (Lipinski definition) is 1. The molecular weight excluding hydrogens is 170 g/mol. The maximum Gasteiger partial charge on any atom is 0.0137 e. The first-order valence-electron chi connectivity index (χ1n) is 5.11. The van der Waals surface area contributed by atoms with E-state index in [2.05, 4.69) is 36.2 Å². The zero-order valence-electron chi connectivity index (χ0n) is 8.84. The van der Waals surface area contributed by atoms with Gasteiger partial charge in [-0.15, -0.1) is 0 Å². The Balaban J connectivity index is 0. The van der Waals surface area contributed by atoms with Gasteiger partial charge in [-0.2, -0.15) is 0 Å². The molecule has 0 saturated carbocycles. The van der Waals surface area contributed by atoms with Gasteiger partial charge in [0.05, 0.1) is 0 Å². The van der Waals surface area contributed by atoms with Gasteiger partial charge in [0.15, 0.2) is 0 Å². The van der Waals surface area contributed by atoms with E-state index in [-0.39, 0.29) is 7.43 Å². The molecule has 1 rings (SSSR count). The molecule has 1 heteroatoms. The Morgan fingerprint density at radius 2 is 2.00 bits per heavy atom. The second-order valence-corrected chi connectivity index (χ2v) is 2.75. The van der Waals surface area contributed by atoms with Crippen LogP contribution in [0.5, 0.6) is 0 Å². The van der Waals surface area contributed by atoms with Crippen molar-refractivity contribution < 1.29 is 0 Å². The summed E-state index contributed by atoms with van der Waals surface area (Å²) >= 11 is 0. The van der Waals surface area contributed by atoms with E-state index >= 15 is 0 Å². The van der Waals surface area contributed by atoms with Crippen molar-refractivity contribution in [1.82, 2.24) is 5.32 Å². The highest BCUT2D eigenvalue weighted by Gasteiger charge is 1.90. The molecule has 0 saturated heterocycles. The van der Waals surface area contributed by atoms with E-state index in [9.17, 15) is 0 Å². The Kier molecular flexibility index (Phi) is 13.6. The summed E-state index contributed by atoms with van der Waals surface area (Å²) in [6, 6.07) is 0. The lowest BCUT2D eigenvalue weighted by Gasteiger charge is -2.03. The molecule has 14 heavy (non-hydrogen) atoms. The molecule has 1 nitrogen and oxygen atoms in total. The van der Waals surface area contributed by atoms with E-state index < -0.39 is 0 Å². The second kappa shape index (κ2) is 12.2. The highest BCUT2D eigenvalue weighted by molar-refractivity contribution is 5.19. The molecular formula is C13H25N. The summed E-state index contributed by atoms with van der Waals surface area (Å²) < 4.78 is 0. The molecule has 0 aromatic heterocycles. The Labute approximate surface area is 89.6 Å². The molecule has 0 amide bonds. The summed E-state index contributed by atoms with van der Waals surface area (Å²) in [6.45, 7) is 10.0. The average molecular weight is 195 g/mol.